The number of nitrogen functional groups attached to an aromatic ring is 1. The predicted molar refractivity (Wildman–Crippen MR) is 120 cm³/mol. The molecular weight excluding hydrogens is 406 g/mol. The third kappa shape index (κ3) is 3.28. The van der Waals surface area contributed by atoms with Gasteiger partial charge in [-0.05, 0) is 44.7 Å². The Labute approximate surface area is 184 Å². The number of para-hydroxylation sites is 1. The molecule has 3 N–H and O–H groups in total. The van der Waals surface area contributed by atoms with Crippen LogP contribution in [0.3, 0.4) is 0 Å². The summed E-state index contributed by atoms with van der Waals surface area (Å²) in [6.45, 7) is 1.48. The molecule has 0 saturated heterocycles. The van der Waals surface area contributed by atoms with Gasteiger partial charge in [-0.25, -0.2) is 4.98 Å². The van der Waals surface area contributed by atoms with Crippen molar-refractivity contribution in [1.82, 2.24) is 19.6 Å². The van der Waals surface area contributed by atoms with E-state index in [-0.39, 0.29) is 23.4 Å². The van der Waals surface area contributed by atoms with Gasteiger partial charge in [0.2, 0.25) is 0 Å². The summed E-state index contributed by atoms with van der Waals surface area (Å²) in [6.07, 6.45) is 5.91. The van der Waals surface area contributed by atoms with Crippen LogP contribution in [0.25, 0.3) is 27.7 Å². The van der Waals surface area contributed by atoms with Crippen molar-refractivity contribution < 1.29 is 14.7 Å². The number of nitrogens with two attached hydrogens (primary N) is 1. The summed E-state index contributed by atoms with van der Waals surface area (Å²) < 4.78 is 1.51. The third-order valence-electron chi connectivity index (χ3n) is 6.43. The van der Waals surface area contributed by atoms with Crippen molar-refractivity contribution in [1.29, 1.82) is 0 Å². The number of nitrogens with zero attached hydrogens (tertiary/aromatic N) is 4. The number of benzene rings is 1. The van der Waals surface area contributed by atoms with Gasteiger partial charge < -0.3 is 10.8 Å². The average Bonchev–Trinajstić information content (AvgIpc) is 3.23. The predicted octanol–water partition coefficient (Wildman–Crippen LogP) is 4.09. The van der Waals surface area contributed by atoms with E-state index in [1.165, 1.54) is 11.4 Å². The smallest absolute Gasteiger partial charge is 0.306 e. The number of anilines is 1. The van der Waals surface area contributed by atoms with Gasteiger partial charge in [-0.2, -0.15) is 9.61 Å². The summed E-state index contributed by atoms with van der Waals surface area (Å²) in [5, 5.41) is 14.7. The van der Waals surface area contributed by atoms with Gasteiger partial charge in [-0.1, -0.05) is 18.2 Å². The molecule has 3 heterocycles. The molecule has 0 amide bonds. The highest BCUT2D eigenvalue weighted by molar-refractivity contribution is 6.00. The van der Waals surface area contributed by atoms with Crippen LogP contribution < -0.4 is 5.73 Å². The van der Waals surface area contributed by atoms with E-state index >= 15 is 0 Å². The number of hydrogen-bond acceptors (Lipinski definition) is 6. The molecule has 0 bridgehead atoms. The van der Waals surface area contributed by atoms with E-state index in [0.717, 1.165) is 22.0 Å². The van der Waals surface area contributed by atoms with Gasteiger partial charge in [0.15, 0.2) is 11.4 Å². The van der Waals surface area contributed by atoms with Gasteiger partial charge in [-0.3, -0.25) is 14.6 Å². The maximum atomic E-state index is 12.5. The number of carboxylic acid groups (broad SMARTS) is 1. The first-order valence-electron chi connectivity index (χ1n) is 10.7. The SMILES string of the molecule is CC(=O)c1c(N)n2ncc(-c3cnc4ccccc4c3)c2nc1[C@H]1CC[C@@H](C(=O)O)CC1. The Kier molecular flexibility index (Phi) is 4.84. The number of carboxylic acids is 1. The Balaban J connectivity index is 1.64. The van der Waals surface area contributed by atoms with Gasteiger partial charge >= 0.3 is 5.97 Å². The Morgan fingerprint density at radius 1 is 1.12 bits per heavy atom. The van der Waals surface area contributed by atoms with Gasteiger partial charge in [-0.15, -0.1) is 0 Å². The molecule has 162 valence electrons. The molecular formula is C24H23N5O3. The summed E-state index contributed by atoms with van der Waals surface area (Å²) in [7, 11) is 0. The van der Waals surface area contributed by atoms with E-state index in [1.54, 1.807) is 12.4 Å². The van der Waals surface area contributed by atoms with E-state index < -0.39 is 5.97 Å². The van der Waals surface area contributed by atoms with Crippen molar-refractivity contribution in [3.63, 3.8) is 0 Å². The molecule has 5 rings (SSSR count). The van der Waals surface area contributed by atoms with Crippen LogP contribution in [0.4, 0.5) is 5.82 Å². The highest BCUT2D eigenvalue weighted by Crippen LogP contribution is 2.39. The van der Waals surface area contributed by atoms with Crippen molar-refractivity contribution >= 4 is 34.1 Å². The molecule has 0 atom stereocenters. The number of hydrogen-bond donors (Lipinski definition) is 2. The summed E-state index contributed by atoms with van der Waals surface area (Å²) in [4.78, 5) is 33.3. The summed E-state index contributed by atoms with van der Waals surface area (Å²) in [6, 6.07) is 9.90. The zero-order valence-corrected chi connectivity index (χ0v) is 17.7. The van der Waals surface area contributed by atoms with E-state index in [1.807, 2.05) is 30.3 Å². The lowest BCUT2D eigenvalue weighted by Crippen LogP contribution is -2.23. The Morgan fingerprint density at radius 3 is 2.59 bits per heavy atom. The second-order valence-electron chi connectivity index (χ2n) is 8.41. The molecule has 1 fully saturated rings. The van der Waals surface area contributed by atoms with Crippen LogP contribution in [0.2, 0.25) is 0 Å². The number of aliphatic carboxylic acids is 1. The first kappa shape index (κ1) is 20.1. The molecule has 0 spiro atoms. The van der Waals surface area contributed by atoms with Crippen molar-refractivity contribution in [3.05, 3.63) is 54.0 Å². The zero-order valence-electron chi connectivity index (χ0n) is 17.7. The van der Waals surface area contributed by atoms with Crippen LogP contribution >= 0.6 is 0 Å². The van der Waals surface area contributed by atoms with E-state index in [2.05, 4.69) is 10.1 Å². The van der Waals surface area contributed by atoms with Crippen LogP contribution in [0.5, 0.6) is 0 Å². The summed E-state index contributed by atoms with van der Waals surface area (Å²) >= 11 is 0. The highest BCUT2D eigenvalue weighted by Gasteiger charge is 2.31. The molecule has 3 aromatic heterocycles. The Hall–Kier alpha value is -3.81. The quantitative estimate of drug-likeness (QED) is 0.468. The minimum Gasteiger partial charge on any atom is -0.481 e. The van der Waals surface area contributed by atoms with E-state index in [4.69, 9.17) is 10.7 Å². The number of rotatable bonds is 4. The maximum absolute atomic E-state index is 12.5. The minimum absolute atomic E-state index is 0.0192. The molecule has 8 nitrogen and oxygen atoms in total. The number of carbonyl (C=O) groups excluding carboxylic acids is 1. The van der Waals surface area contributed by atoms with Crippen LogP contribution in [0.15, 0.2) is 42.7 Å². The summed E-state index contributed by atoms with van der Waals surface area (Å²) in [5.41, 5.74) is 10.5. The van der Waals surface area contributed by atoms with E-state index in [0.29, 0.717) is 42.6 Å². The third-order valence-corrected chi connectivity index (χ3v) is 6.43. The Bertz CT molecular complexity index is 1370. The number of ketones is 1. The Morgan fingerprint density at radius 2 is 1.88 bits per heavy atom. The molecule has 1 aromatic carbocycles. The molecule has 0 aliphatic heterocycles. The fourth-order valence-electron chi connectivity index (χ4n) is 4.72. The van der Waals surface area contributed by atoms with Crippen LogP contribution in [0.1, 0.15) is 54.6 Å². The van der Waals surface area contributed by atoms with E-state index in [9.17, 15) is 14.7 Å². The molecule has 1 saturated carbocycles. The van der Waals surface area contributed by atoms with Crippen LogP contribution in [-0.4, -0.2) is 36.4 Å². The fraction of sp³-hybridized carbons (Fsp3) is 0.292. The molecule has 32 heavy (non-hydrogen) atoms. The molecule has 8 heteroatoms. The number of carbonyl (C=O) groups is 2. The zero-order chi connectivity index (χ0) is 22.4. The number of Topliss-reactive ketones (excluding diaryl/α,β-unsaturated/α-hetero) is 1. The molecule has 0 unspecified atom stereocenters. The van der Waals surface area contributed by atoms with Gasteiger partial charge in [0.1, 0.15) is 5.82 Å². The van der Waals surface area contributed by atoms with Crippen molar-refractivity contribution in [2.75, 3.05) is 5.73 Å². The van der Waals surface area contributed by atoms with Crippen molar-refractivity contribution in [2.45, 2.75) is 38.5 Å². The minimum atomic E-state index is -0.764. The monoisotopic (exact) mass is 429 g/mol. The second-order valence-corrected chi connectivity index (χ2v) is 8.41. The van der Waals surface area contributed by atoms with Crippen molar-refractivity contribution in [2.24, 2.45) is 5.92 Å². The standard InChI is InChI=1S/C24H23N5O3/c1-13(30)20-21(14-6-8-15(9-7-14)24(31)32)28-23-18(12-27-29(23)22(20)25)17-10-16-4-2-3-5-19(16)26-11-17/h2-5,10-12,14-15H,6-9,25H2,1H3,(H,31,32)/t14-,15+. The first-order valence-corrected chi connectivity index (χ1v) is 10.7. The second kappa shape index (κ2) is 7.71. The van der Waals surface area contributed by atoms with Crippen LogP contribution in [-0.2, 0) is 4.79 Å². The molecule has 1 aliphatic carbocycles. The largest absolute Gasteiger partial charge is 0.481 e. The number of aromatic nitrogens is 4. The number of fused-ring (bicyclic) bond motifs is 2. The lowest BCUT2D eigenvalue weighted by Gasteiger charge is -2.27. The highest BCUT2D eigenvalue weighted by atomic mass is 16.4. The van der Waals surface area contributed by atoms with Gasteiger partial charge in [0.25, 0.3) is 0 Å². The topological polar surface area (TPSA) is 123 Å². The normalized spacial score (nSPS) is 18.8. The lowest BCUT2D eigenvalue weighted by atomic mass is 9.79. The molecule has 0 radical (unpaired) electrons. The van der Waals surface area contributed by atoms with Gasteiger partial charge in [0.05, 0.1) is 28.9 Å². The lowest BCUT2D eigenvalue weighted by molar-refractivity contribution is -0.142. The molecule has 4 aromatic rings. The number of pyridine rings is 1. The van der Waals surface area contributed by atoms with Crippen molar-refractivity contribution in [3.8, 4) is 11.1 Å². The van der Waals surface area contributed by atoms with Gasteiger partial charge in [0, 0.05) is 28.6 Å². The first-order chi connectivity index (χ1) is 15.4. The fourth-order valence-corrected chi connectivity index (χ4v) is 4.72. The maximum Gasteiger partial charge on any atom is 0.306 e. The van der Waals surface area contributed by atoms with Crippen LogP contribution in [0, 0.1) is 5.92 Å². The molecule has 1 aliphatic rings. The average molecular weight is 429 g/mol. The summed E-state index contributed by atoms with van der Waals surface area (Å²) in [5.74, 6) is -1.04.